The lowest BCUT2D eigenvalue weighted by Crippen LogP contribution is -2.29. The molecule has 3 heterocycles. The maximum absolute atomic E-state index is 13.2. The van der Waals surface area contributed by atoms with Crippen LogP contribution in [0.3, 0.4) is 0 Å². The van der Waals surface area contributed by atoms with Crippen LogP contribution in [-0.4, -0.2) is 22.5 Å². The van der Waals surface area contributed by atoms with Gasteiger partial charge < -0.3 is 13.9 Å². The third-order valence-electron chi connectivity index (χ3n) is 24.1. The lowest BCUT2D eigenvalue weighted by molar-refractivity contribution is 0.103. The number of carbonyl (C=O) groups is 3. The highest BCUT2D eigenvalue weighted by atomic mass is 79.9. The van der Waals surface area contributed by atoms with Gasteiger partial charge in [0.15, 0.2) is 17.3 Å². The zero-order valence-corrected chi connectivity index (χ0v) is 77.4. The predicted octanol–water partition coefficient (Wildman–Crippen LogP) is 34.2. The Morgan fingerprint density at radius 1 is 0.244 bits per heavy atom. The molecule has 1 atom stereocenters. The largest absolute Gasteiger partial charge is 0.455 e. The molecule has 23 aromatic rings. The number of para-hydroxylation sites is 4. The van der Waals surface area contributed by atoms with E-state index >= 15 is 0 Å². The minimum atomic E-state index is -1.41. The number of hydrogen-bond acceptors (Lipinski definition) is 7. The Kier molecular flexibility index (Phi) is 24.2. The van der Waals surface area contributed by atoms with Crippen LogP contribution in [0.4, 0.5) is 0 Å². The third kappa shape index (κ3) is 17.1. The molecule has 0 aliphatic heterocycles. The molecular weight excluding hydrogens is 1890 g/mol. The van der Waals surface area contributed by atoms with Gasteiger partial charge in [-0.1, -0.05) is 440 Å². The van der Waals surface area contributed by atoms with Gasteiger partial charge in [0.25, 0.3) is 0 Å². The van der Waals surface area contributed by atoms with Crippen molar-refractivity contribution in [3.05, 3.63) is 523 Å². The van der Waals surface area contributed by atoms with Crippen molar-refractivity contribution in [2.24, 2.45) is 0 Å². The third-order valence-corrected chi connectivity index (χ3v) is 27.3. The lowest BCUT2D eigenvalue weighted by Gasteiger charge is -2.32. The van der Waals surface area contributed by atoms with Crippen LogP contribution < -0.4 is 0 Å². The maximum Gasteiger partial charge on any atom is 0.196 e. The number of benzene rings is 20. The minimum absolute atomic E-state index is 0.0000639. The number of carbonyl (C=O) groups excluding carboxylic acids is 3. The highest BCUT2D eigenvalue weighted by molar-refractivity contribution is 9.11. The Hall–Kier alpha value is -14.4. The van der Waals surface area contributed by atoms with Crippen LogP contribution in [-0.2, 0) is 5.60 Å². The van der Waals surface area contributed by atoms with Crippen LogP contribution in [0, 0.1) is 0 Å². The van der Waals surface area contributed by atoms with Gasteiger partial charge in [-0.2, -0.15) is 0 Å². The average molecular weight is 1970 g/mol. The van der Waals surface area contributed by atoms with Crippen LogP contribution in [0.2, 0.25) is 0 Å². The highest BCUT2D eigenvalue weighted by Gasteiger charge is 2.37. The number of hydrogen-bond donors (Lipinski definition) is 1. The second-order valence-corrected chi connectivity index (χ2v) is 36.7. The summed E-state index contributed by atoms with van der Waals surface area (Å²) in [6, 6.07) is 152. The van der Waals surface area contributed by atoms with Crippen molar-refractivity contribution in [3.63, 3.8) is 0 Å². The van der Waals surface area contributed by atoms with E-state index in [-0.39, 0.29) is 17.3 Å². The fourth-order valence-corrected chi connectivity index (χ4v) is 20.7. The molecule has 0 bridgehead atoms. The SMILES string of the molecule is O=C(c1ccc(-c2cccc(Br)c2)cc1)c1cccc2c1oc1ccccc12.O=C(c1ccc(-c2cccc3c2sc2ccccc23)cc1)c1cccc(Br)c1.O=C(c1cccc(Br)c1)c1cccc(-c2cccc3c2oc2ccccc23)c1.OC(c1ccc(-c2c3ccccc3c(-c3ccccc3)c3ccccc23)cc1)(c1cccc(Br)c1)c1ccccc1-c1ccccc1. The number of fused-ring (bicyclic) bond motifs is 11. The van der Waals surface area contributed by atoms with Gasteiger partial charge in [-0.05, 0) is 173 Å². The zero-order chi connectivity index (χ0) is 89.1. The molecule has 0 fully saturated rings. The van der Waals surface area contributed by atoms with E-state index in [0.29, 0.717) is 39.0 Å². The van der Waals surface area contributed by atoms with Crippen molar-refractivity contribution in [1.29, 1.82) is 0 Å². The maximum atomic E-state index is 13.2. The molecule has 3 aromatic heterocycles. The fraction of sp³-hybridized carbons (Fsp3) is 0.00833. The van der Waals surface area contributed by atoms with Crippen molar-refractivity contribution in [3.8, 4) is 66.8 Å². The van der Waals surface area contributed by atoms with Crippen LogP contribution in [0.15, 0.2) is 482 Å². The summed E-state index contributed by atoms with van der Waals surface area (Å²) >= 11 is 15.8. The number of ketones is 3. The van der Waals surface area contributed by atoms with Crippen LogP contribution in [0.25, 0.3) is 152 Å². The molecule has 1 N–H and O–H groups in total. The minimum Gasteiger partial charge on any atom is -0.455 e. The molecule has 11 heteroatoms. The van der Waals surface area contributed by atoms with Crippen LogP contribution in [0.1, 0.15) is 64.5 Å². The molecule has 0 spiro atoms. The van der Waals surface area contributed by atoms with E-state index in [1.807, 2.05) is 278 Å². The van der Waals surface area contributed by atoms with Gasteiger partial charge in [0.1, 0.15) is 27.9 Å². The van der Waals surface area contributed by atoms with Crippen molar-refractivity contribution in [2.45, 2.75) is 5.60 Å². The van der Waals surface area contributed by atoms with Crippen molar-refractivity contribution in [2.75, 3.05) is 0 Å². The molecule has 20 aromatic carbocycles. The predicted molar refractivity (Wildman–Crippen MR) is 556 cm³/mol. The molecule has 0 amide bonds. The average Bonchev–Trinajstić information content (AvgIpc) is 1.60. The van der Waals surface area contributed by atoms with Crippen molar-refractivity contribution in [1.82, 2.24) is 0 Å². The van der Waals surface area contributed by atoms with Gasteiger partial charge in [-0.3, -0.25) is 14.4 Å². The monoisotopic (exact) mass is 1960 g/mol. The Bertz CT molecular complexity index is 8230. The molecule has 0 saturated heterocycles. The smallest absolute Gasteiger partial charge is 0.196 e. The Labute approximate surface area is 794 Å². The van der Waals surface area contributed by atoms with E-state index in [1.165, 1.54) is 64.0 Å². The summed E-state index contributed by atoms with van der Waals surface area (Å²) in [4.78, 5) is 38.9. The second-order valence-electron chi connectivity index (χ2n) is 32.0. The number of thiophene rings is 1. The van der Waals surface area contributed by atoms with E-state index < -0.39 is 5.60 Å². The molecule has 131 heavy (non-hydrogen) atoms. The van der Waals surface area contributed by atoms with E-state index in [9.17, 15) is 19.5 Å². The standard InChI is InChI=1S/C45H31BrO.2C25H15BrO2.C25H15BrOS/c46-36-19-13-18-35(30-36)45(47,42-25-12-11-20-37(42)31-14-3-1-4-15-31)34-28-26-33(27-29-34)44-40-23-9-7-21-38(40)43(32-16-5-2-6-17-32)39-22-8-10-24-41(39)44;26-19-9-4-8-18(15-19)24(27)17-7-3-6-16(14-17)20-11-5-12-22-21-10-1-2-13-23(21)28-25(20)22;26-19-6-3-5-18(15-19)16-11-13-17(14-12-16)24(27)22-9-4-8-21-20-7-1-2-10-23(20)28-25(21)22;26-19-6-3-5-18(15-19)24(27)17-13-11-16(12-14-17)20-8-4-9-22-21-7-1-2-10-23(21)28-25(20)22/h1-30,47H;3*1-15H. The molecule has 1 unspecified atom stereocenters. The number of aliphatic hydroxyl groups is 1. The van der Waals surface area contributed by atoms with Gasteiger partial charge in [0.05, 0.1) is 5.56 Å². The van der Waals surface area contributed by atoms with Crippen LogP contribution >= 0.6 is 75.1 Å². The van der Waals surface area contributed by atoms with Crippen molar-refractivity contribution >= 4 is 178 Å². The van der Waals surface area contributed by atoms with Crippen LogP contribution in [0.5, 0.6) is 0 Å². The first kappa shape index (κ1) is 84.8. The number of halogens is 4. The number of furan rings is 2. The zero-order valence-electron chi connectivity index (χ0n) is 70.2. The summed E-state index contributed by atoms with van der Waals surface area (Å²) in [6.45, 7) is 0. The second kappa shape index (κ2) is 37.4. The normalized spacial score (nSPS) is 11.7. The van der Waals surface area contributed by atoms with E-state index in [2.05, 4.69) is 252 Å². The van der Waals surface area contributed by atoms with Gasteiger partial charge >= 0.3 is 0 Å². The molecule has 0 aliphatic rings. The fourth-order valence-electron chi connectivity index (χ4n) is 17.8. The van der Waals surface area contributed by atoms with E-state index in [1.54, 1.807) is 0 Å². The first-order valence-electron chi connectivity index (χ1n) is 42.9. The lowest BCUT2D eigenvalue weighted by atomic mass is 9.77. The molecule has 626 valence electrons. The summed E-state index contributed by atoms with van der Waals surface area (Å²) in [6.07, 6.45) is 0. The quantitative estimate of drug-likeness (QED) is 0.0624. The molecule has 0 saturated carbocycles. The molecule has 6 nitrogen and oxygen atoms in total. The molecule has 23 rings (SSSR count). The number of rotatable bonds is 15. The first-order chi connectivity index (χ1) is 64.2. The summed E-state index contributed by atoms with van der Waals surface area (Å²) in [5, 5.41) is 24.6. The van der Waals surface area contributed by atoms with E-state index in [0.717, 1.165) is 117 Å². The van der Waals surface area contributed by atoms with Gasteiger partial charge in [0.2, 0.25) is 0 Å². The highest BCUT2D eigenvalue weighted by Crippen LogP contribution is 2.48. The summed E-state index contributed by atoms with van der Waals surface area (Å²) in [5.74, 6) is -0.00157. The topological polar surface area (TPSA) is 97.7 Å². The van der Waals surface area contributed by atoms with E-state index in [4.69, 9.17) is 8.83 Å². The molecular formula is C120H76Br4O6S. The summed E-state index contributed by atoms with van der Waals surface area (Å²) in [7, 11) is 0. The van der Waals surface area contributed by atoms with Gasteiger partial charge in [-0.15, -0.1) is 11.3 Å². The Morgan fingerprint density at radius 3 is 1.23 bits per heavy atom. The first-order valence-corrected chi connectivity index (χ1v) is 46.9. The van der Waals surface area contributed by atoms with Gasteiger partial charge in [-0.25, -0.2) is 0 Å². The molecule has 0 aliphatic carbocycles. The van der Waals surface area contributed by atoms with Crippen molar-refractivity contribution < 1.29 is 28.3 Å². The summed E-state index contributed by atoms with van der Waals surface area (Å²) < 4.78 is 18.5. The summed E-state index contributed by atoms with van der Waals surface area (Å²) in [5.41, 5.74) is 21.4. The Balaban J connectivity index is 0.000000112. The molecule has 0 radical (unpaired) electrons. The Morgan fingerprint density at radius 2 is 0.634 bits per heavy atom. The van der Waals surface area contributed by atoms with Gasteiger partial charge in [0, 0.05) is 98.6 Å².